The van der Waals surface area contributed by atoms with E-state index >= 15 is 0 Å². The summed E-state index contributed by atoms with van der Waals surface area (Å²) in [5.74, 6) is -0.256. The monoisotopic (exact) mass is 313 g/mol. The Bertz CT molecular complexity index is 528. The van der Waals surface area contributed by atoms with Crippen LogP contribution in [0.4, 0.5) is 5.69 Å². The number of carbonyl (C=O) groups excluding carboxylic acids is 1. The van der Waals surface area contributed by atoms with Gasteiger partial charge in [-0.05, 0) is 38.7 Å². The van der Waals surface area contributed by atoms with Gasteiger partial charge in [0.25, 0.3) is 11.6 Å². The molecule has 0 bridgehead atoms. The van der Waals surface area contributed by atoms with Crippen molar-refractivity contribution in [2.24, 2.45) is 5.73 Å². The SMILES string of the molecule is Cc1ccc(C(=O)NC2CCC(N)CC2)cc1[N+](=O)[O-].Cl. The largest absolute Gasteiger partial charge is 0.349 e. The highest BCUT2D eigenvalue weighted by atomic mass is 35.5. The molecule has 7 heteroatoms. The molecule has 3 N–H and O–H groups in total. The van der Waals surface area contributed by atoms with Crippen molar-refractivity contribution in [3.05, 3.63) is 39.4 Å². The third kappa shape index (κ3) is 4.41. The molecular formula is C14H20ClN3O3. The summed E-state index contributed by atoms with van der Waals surface area (Å²) in [7, 11) is 0. The summed E-state index contributed by atoms with van der Waals surface area (Å²) in [6.45, 7) is 1.66. The third-order valence-electron chi connectivity index (χ3n) is 3.78. The number of hydrogen-bond acceptors (Lipinski definition) is 4. The Morgan fingerprint density at radius 1 is 1.33 bits per heavy atom. The molecule has 1 fully saturated rings. The molecule has 1 aliphatic carbocycles. The molecule has 1 saturated carbocycles. The van der Waals surface area contributed by atoms with Crippen molar-refractivity contribution in [3.8, 4) is 0 Å². The number of aryl methyl sites for hydroxylation is 1. The predicted molar refractivity (Wildman–Crippen MR) is 82.8 cm³/mol. The molecule has 1 aromatic rings. The lowest BCUT2D eigenvalue weighted by molar-refractivity contribution is -0.385. The first-order valence-corrected chi connectivity index (χ1v) is 6.79. The zero-order chi connectivity index (χ0) is 14.7. The Morgan fingerprint density at radius 3 is 2.52 bits per heavy atom. The van der Waals surface area contributed by atoms with E-state index in [1.54, 1.807) is 19.1 Å². The minimum Gasteiger partial charge on any atom is -0.349 e. The lowest BCUT2D eigenvalue weighted by Gasteiger charge is -2.26. The van der Waals surface area contributed by atoms with Gasteiger partial charge in [0, 0.05) is 29.3 Å². The number of nitro benzene ring substituents is 1. The molecule has 0 aromatic heterocycles. The van der Waals surface area contributed by atoms with Gasteiger partial charge in [-0.1, -0.05) is 6.07 Å². The van der Waals surface area contributed by atoms with Crippen LogP contribution in [0.15, 0.2) is 18.2 Å². The van der Waals surface area contributed by atoms with Crippen molar-refractivity contribution < 1.29 is 9.72 Å². The first-order valence-electron chi connectivity index (χ1n) is 6.79. The van der Waals surface area contributed by atoms with Crippen LogP contribution in [0.2, 0.25) is 0 Å². The standard InChI is InChI=1S/C14H19N3O3.ClH/c1-9-2-3-10(8-13(9)17(19)20)14(18)16-12-6-4-11(15)5-7-12;/h2-3,8,11-12H,4-7,15H2,1H3,(H,16,18);1H. The topological polar surface area (TPSA) is 98.3 Å². The molecule has 0 atom stereocenters. The summed E-state index contributed by atoms with van der Waals surface area (Å²) in [6.07, 6.45) is 3.53. The van der Waals surface area contributed by atoms with E-state index < -0.39 is 4.92 Å². The summed E-state index contributed by atoms with van der Waals surface area (Å²) in [4.78, 5) is 22.5. The average Bonchev–Trinajstić information content (AvgIpc) is 2.41. The van der Waals surface area contributed by atoms with Crippen molar-refractivity contribution in [2.45, 2.75) is 44.7 Å². The molecule has 0 spiro atoms. The van der Waals surface area contributed by atoms with Crippen LogP contribution in [0.1, 0.15) is 41.6 Å². The van der Waals surface area contributed by atoms with Crippen molar-refractivity contribution >= 4 is 24.0 Å². The molecule has 1 aromatic carbocycles. The van der Waals surface area contributed by atoms with Crippen LogP contribution in [-0.2, 0) is 0 Å². The fraction of sp³-hybridized carbons (Fsp3) is 0.500. The van der Waals surface area contributed by atoms with E-state index in [4.69, 9.17) is 5.73 Å². The number of hydrogen-bond donors (Lipinski definition) is 2. The number of nitrogens with two attached hydrogens (primary N) is 1. The Labute approximate surface area is 129 Å². The minimum atomic E-state index is -0.467. The summed E-state index contributed by atoms with van der Waals surface area (Å²) in [5.41, 5.74) is 6.68. The summed E-state index contributed by atoms with van der Waals surface area (Å²) in [5, 5.41) is 13.8. The van der Waals surface area contributed by atoms with E-state index in [0.717, 1.165) is 25.7 Å². The quantitative estimate of drug-likeness (QED) is 0.661. The minimum absolute atomic E-state index is 0. The van der Waals surface area contributed by atoms with E-state index in [1.807, 2.05) is 0 Å². The van der Waals surface area contributed by atoms with Gasteiger partial charge >= 0.3 is 0 Å². The van der Waals surface area contributed by atoms with Crippen LogP contribution in [0.25, 0.3) is 0 Å². The number of nitrogens with zero attached hydrogens (tertiary/aromatic N) is 1. The van der Waals surface area contributed by atoms with Gasteiger partial charge in [-0.25, -0.2) is 0 Å². The molecule has 0 heterocycles. The van der Waals surface area contributed by atoms with E-state index in [1.165, 1.54) is 6.07 Å². The van der Waals surface area contributed by atoms with Gasteiger partial charge in [-0.3, -0.25) is 14.9 Å². The Morgan fingerprint density at radius 2 is 1.95 bits per heavy atom. The van der Waals surface area contributed by atoms with Gasteiger partial charge in [0.15, 0.2) is 0 Å². The second kappa shape index (κ2) is 7.38. The van der Waals surface area contributed by atoms with Gasteiger partial charge in [0.2, 0.25) is 0 Å². The van der Waals surface area contributed by atoms with Crippen LogP contribution in [0.5, 0.6) is 0 Å². The molecule has 0 saturated heterocycles. The van der Waals surface area contributed by atoms with Gasteiger partial charge in [-0.2, -0.15) is 0 Å². The maximum atomic E-state index is 12.1. The maximum absolute atomic E-state index is 12.1. The number of amides is 1. The highest BCUT2D eigenvalue weighted by molar-refractivity contribution is 5.95. The van der Waals surface area contributed by atoms with Gasteiger partial charge < -0.3 is 11.1 Å². The van der Waals surface area contributed by atoms with Crippen molar-refractivity contribution in [2.75, 3.05) is 0 Å². The summed E-state index contributed by atoms with van der Waals surface area (Å²) in [6, 6.07) is 4.89. The smallest absolute Gasteiger partial charge is 0.273 e. The molecule has 0 unspecified atom stereocenters. The van der Waals surface area contributed by atoms with Crippen LogP contribution < -0.4 is 11.1 Å². The highest BCUT2D eigenvalue weighted by Crippen LogP contribution is 2.21. The van der Waals surface area contributed by atoms with E-state index in [9.17, 15) is 14.9 Å². The van der Waals surface area contributed by atoms with Gasteiger partial charge in [-0.15, -0.1) is 12.4 Å². The molecule has 1 aliphatic rings. The van der Waals surface area contributed by atoms with E-state index in [2.05, 4.69) is 5.32 Å². The molecule has 2 rings (SSSR count). The van der Waals surface area contributed by atoms with E-state index in [0.29, 0.717) is 11.1 Å². The third-order valence-corrected chi connectivity index (χ3v) is 3.78. The normalized spacial score (nSPS) is 21.2. The van der Waals surface area contributed by atoms with Crippen molar-refractivity contribution in [1.82, 2.24) is 5.32 Å². The second-order valence-corrected chi connectivity index (χ2v) is 5.34. The van der Waals surface area contributed by atoms with Crippen LogP contribution in [0.3, 0.4) is 0 Å². The average molecular weight is 314 g/mol. The Kier molecular flexibility index (Phi) is 6.11. The first kappa shape index (κ1) is 17.4. The fourth-order valence-corrected chi connectivity index (χ4v) is 2.48. The fourth-order valence-electron chi connectivity index (χ4n) is 2.48. The highest BCUT2D eigenvalue weighted by Gasteiger charge is 2.21. The number of benzene rings is 1. The van der Waals surface area contributed by atoms with Gasteiger partial charge in [0.1, 0.15) is 0 Å². The molecule has 6 nitrogen and oxygen atoms in total. The number of carbonyl (C=O) groups is 1. The molecular weight excluding hydrogens is 294 g/mol. The molecule has 0 aliphatic heterocycles. The number of rotatable bonds is 3. The van der Waals surface area contributed by atoms with Crippen LogP contribution in [-0.4, -0.2) is 22.9 Å². The van der Waals surface area contributed by atoms with Crippen molar-refractivity contribution in [3.63, 3.8) is 0 Å². The Hall–Kier alpha value is -1.66. The number of halogens is 1. The second-order valence-electron chi connectivity index (χ2n) is 5.34. The molecule has 116 valence electrons. The van der Waals surface area contributed by atoms with Crippen molar-refractivity contribution in [1.29, 1.82) is 0 Å². The predicted octanol–water partition coefficient (Wildman–Crippen LogP) is 2.32. The van der Waals surface area contributed by atoms with Crippen LogP contribution in [0, 0.1) is 17.0 Å². The summed E-state index contributed by atoms with van der Waals surface area (Å²) < 4.78 is 0. The molecule has 21 heavy (non-hydrogen) atoms. The lowest BCUT2D eigenvalue weighted by Crippen LogP contribution is -2.40. The molecule has 0 radical (unpaired) electrons. The van der Waals surface area contributed by atoms with Gasteiger partial charge in [0.05, 0.1) is 4.92 Å². The maximum Gasteiger partial charge on any atom is 0.273 e. The zero-order valence-electron chi connectivity index (χ0n) is 11.9. The number of nitrogens with one attached hydrogen (secondary N) is 1. The number of nitro groups is 1. The first-order chi connectivity index (χ1) is 9.47. The Balaban J connectivity index is 0.00000220. The zero-order valence-corrected chi connectivity index (χ0v) is 12.7. The van der Waals surface area contributed by atoms with Crippen LogP contribution >= 0.6 is 12.4 Å². The summed E-state index contributed by atoms with van der Waals surface area (Å²) >= 11 is 0. The van der Waals surface area contributed by atoms with E-state index in [-0.39, 0.29) is 36.1 Å². The lowest BCUT2D eigenvalue weighted by atomic mass is 9.91. The molecule has 1 amide bonds.